The summed E-state index contributed by atoms with van der Waals surface area (Å²) in [6, 6.07) is 6.59. The van der Waals surface area contributed by atoms with Crippen molar-refractivity contribution in [3.63, 3.8) is 0 Å². The van der Waals surface area contributed by atoms with Gasteiger partial charge in [0.2, 0.25) is 0 Å². The minimum atomic E-state index is -3.94. The van der Waals surface area contributed by atoms with E-state index in [0.717, 1.165) is 4.57 Å². The smallest absolute Gasteiger partial charge is 0.419 e. The number of hydrogen-bond donors (Lipinski definition) is 0. The molecule has 0 atom stereocenters. The molecule has 2 aromatic rings. The first-order valence-corrected chi connectivity index (χ1v) is 8.18. The number of aromatic nitrogens is 1. The van der Waals surface area contributed by atoms with Crippen molar-refractivity contribution in [2.24, 2.45) is 0 Å². The second kappa shape index (κ2) is 4.79. The van der Waals surface area contributed by atoms with Crippen LogP contribution in [-0.2, 0) is 13.8 Å². The van der Waals surface area contributed by atoms with Crippen LogP contribution in [0.25, 0.3) is 10.9 Å². The van der Waals surface area contributed by atoms with E-state index >= 15 is 0 Å². The van der Waals surface area contributed by atoms with E-state index in [1.807, 2.05) is 0 Å². The third kappa shape index (κ3) is 2.96. The Morgan fingerprint density at radius 2 is 1.85 bits per heavy atom. The summed E-state index contributed by atoms with van der Waals surface area (Å²) < 4.78 is 29.5. The third-order valence-corrected chi connectivity index (χ3v) is 3.88. The van der Waals surface area contributed by atoms with Gasteiger partial charge in [-0.25, -0.2) is 13.2 Å². The Morgan fingerprint density at radius 1 is 1.25 bits per heavy atom. The van der Waals surface area contributed by atoms with Crippen LogP contribution in [0.2, 0.25) is 0 Å². The molecule has 0 unspecified atom stereocenters. The van der Waals surface area contributed by atoms with Crippen molar-refractivity contribution in [3.8, 4) is 0 Å². The zero-order valence-electron chi connectivity index (χ0n) is 11.3. The number of ether oxygens (including phenoxy) is 1. The first-order valence-electron chi connectivity index (χ1n) is 5.88. The summed E-state index contributed by atoms with van der Waals surface area (Å²) in [6.45, 7) is 5.20. The number of benzene rings is 1. The van der Waals surface area contributed by atoms with Crippen LogP contribution < -0.4 is 0 Å². The number of para-hydroxylation sites is 1. The van der Waals surface area contributed by atoms with Gasteiger partial charge in [-0.05, 0) is 26.8 Å². The summed E-state index contributed by atoms with van der Waals surface area (Å²) in [6.07, 6.45) is 0.529. The largest absolute Gasteiger partial charge is 0.443 e. The van der Waals surface area contributed by atoms with E-state index in [4.69, 9.17) is 15.4 Å². The third-order valence-electron chi connectivity index (χ3n) is 2.53. The molecule has 1 aromatic carbocycles. The molecule has 5 nitrogen and oxygen atoms in total. The molecule has 2 rings (SSSR count). The second-order valence-corrected chi connectivity index (χ2v) is 7.83. The first kappa shape index (κ1) is 14.9. The van der Waals surface area contributed by atoms with E-state index in [1.54, 1.807) is 45.0 Å². The zero-order chi connectivity index (χ0) is 15.1. The Bertz CT molecular complexity index is 771. The van der Waals surface area contributed by atoms with E-state index in [1.165, 1.54) is 6.20 Å². The van der Waals surface area contributed by atoms with Crippen molar-refractivity contribution < 1.29 is 17.9 Å². The Hall–Kier alpha value is -1.53. The molecule has 0 spiro atoms. The van der Waals surface area contributed by atoms with Gasteiger partial charge in [-0.15, -0.1) is 0 Å². The fraction of sp³-hybridized carbons (Fsp3) is 0.308. The minimum absolute atomic E-state index is 0.111. The summed E-state index contributed by atoms with van der Waals surface area (Å²) in [5.41, 5.74) is -0.247. The summed E-state index contributed by atoms with van der Waals surface area (Å²) in [5, 5.41) is 0.383. The maximum Gasteiger partial charge on any atom is 0.419 e. The predicted molar refractivity (Wildman–Crippen MR) is 76.6 cm³/mol. The van der Waals surface area contributed by atoms with Crippen molar-refractivity contribution in [1.82, 2.24) is 4.57 Å². The molecule has 7 heteroatoms. The highest BCUT2D eigenvalue weighted by atomic mass is 35.7. The maximum absolute atomic E-state index is 12.1. The average Bonchev–Trinajstić information content (AvgIpc) is 2.65. The van der Waals surface area contributed by atoms with Gasteiger partial charge in [0.1, 0.15) is 10.5 Å². The van der Waals surface area contributed by atoms with Crippen LogP contribution in [0.3, 0.4) is 0 Å². The van der Waals surface area contributed by atoms with Crippen LogP contribution in [-0.4, -0.2) is 24.7 Å². The van der Waals surface area contributed by atoms with Crippen LogP contribution in [0.1, 0.15) is 20.8 Å². The Morgan fingerprint density at radius 3 is 2.40 bits per heavy atom. The normalized spacial score (nSPS) is 12.6. The van der Waals surface area contributed by atoms with Crippen molar-refractivity contribution in [1.29, 1.82) is 0 Å². The fourth-order valence-corrected chi connectivity index (χ4v) is 2.84. The molecule has 0 N–H and O–H groups in total. The zero-order valence-corrected chi connectivity index (χ0v) is 12.8. The number of halogens is 1. The number of nitrogens with zero attached hydrogens (tertiary/aromatic N) is 1. The molecule has 0 aliphatic carbocycles. The van der Waals surface area contributed by atoms with Crippen LogP contribution in [0.4, 0.5) is 4.79 Å². The number of fused-ring (bicyclic) bond motifs is 1. The maximum atomic E-state index is 12.1. The van der Waals surface area contributed by atoms with E-state index in [2.05, 4.69) is 0 Å². The Balaban J connectivity index is 2.64. The van der Waals surface area contributed by atoms with Crippen molar-refractivity contribution in [3.05, 3.63) is 30.5 Å². The lowest BCUT2D eigenvalue weighted by atomic mass is 10.2. The summed E-state index contributed by atoms with van der Waals surface area (Å²) in [4.78, 5) is 12.0. The lowest BCUT2D eigenvalue weighted by Crippen LogP contribution is -2.26. The molecule has 0 aliphatic heterocycles. The van der Waals surface area contributed by atoms with Gasteiger partial charge in [-0.2, -0.15) is 0 Å². The summed E-state index contributed by atoms with van der Waals surface area (Å²) in [7, 11) is 1.45. The van der Waals surface area contributed by atoms with Crippen LogP contribution in [0, 0.1) is 0 Å². The lowest BCUT2D eigenvalue weighted by Gasteiger charge is -2.19. The molecule has 0 radical (unpaired) electrons. The van der Waals surface area contributed by atoms with Crippen molar-refractivity contribution in [2.45, 2.75) is 31.3 Å². The topological polar surface area (TPSA) is 65.4 Å². The molecule has 1 aromatic heterocycles. The van der Waals surface area contributed by atoms with E-state index in [-0.39, 0.29) is 4.90 Å². The molecule has 0 saturated heterocycles. The first-order chi connectivity index (χ1) is 9.09. The van der Waals surface area contributed by atoms with Gasteiger partial charge in [-0.3, -0.25) is 4.57 Å². The number of carbonyl (C=O) groups is 1. The average molecular weight is 316 g/mol. The highest BCUT2D eigenvalue weighted by Gasteiger charge is 2.24. The lowest BCUT2D eigenvalue weighted by molar-refractivity contribution is 0.0544. The quantitative estimate of drug-likeness (QED) is 0.757. The molecule has 0 aliphatic rings. The molecular weight excluding hydrogens is 302 g/mol. The standard InChI is InChI=1S/C13H14ClNO4S/c1-13(2,3)19-12(16)15-8-11(20(14,17)18)9-6-4-5-7-10(9)15/h4-8H,1-3H3. The van der Waals surface area contributed by atoms with Crippen molar-refractivity contribution >= 4 is 36.7 Å². The highest BCUT2D eigenvalue weighted by Crippen LogP contribution is 2.28. The van der Waals surface area contributed by atoms with Gasteiger partial charge < -0.3 is 4.74 Å². The molecular formula is C13H14ClNO4S. The van der Waals surface area contributed by atoms with Gasteiger partial charge in [-0.1, -0.05) is 18.2 Å². The highest BCUT2D eigenvalue weighted by molar-refractivity contribution is 8.14. The van der Waals surface area contributed by atoms with Gasteiger partial charge in [0.15, 0.2) is 0 Å². The van der Waals surface area contributed by atoms with Crippen molar-refractivity contribution in [2.75, 3.05) is 0 Å². The SMILES string of the molecule is CC(C)(C)OC(=O)n1cc(S(=O)(=O)Cl)c2ccccc21. The van der Waals surface area contributed by atoms with E-state index < -0.39 is 20.7 Å². The monoisotopic (exact) mass is 315 g/mol. The molecule has 108 valence electrons. The molecule has 0 bridgehead atoms. The van der Waals surface area contributed by atoms with Gasteiger partial charge in [0.25, 0.3) is 9.05 Å². The number of carbonyl (C=O) groups excluding carboxylic acids is 1. The minimum Gasteiger partial charge on any atom is -0.443 e. The number of rotatable bonds is 1. The van der Waals surface area contributed by atoms with Crippen LogP contribution in [0.15, 0.2) is 35.4 Å². The second-order valence-electron chi connectivity index (χ2n) is 5.30. The summed E-state index contributed by atoms with van der Waals surface area (Å²) in [5.74, 6) is 0. The van der Waals surface area contributed by atoms with Gasteiger partial charge >= 0.3 is 6.09 Å². The molecule has 0 amide bonds. The molecule has 20 heavy (non-hydrogen) atoms. The number of hydrogen-bond acceptors (Lipinski definition) is 4. The molecule has 0 saturated carbocycles. The van der Waals surface area contributed by atoms with Crippen LogP contribution >= 0.6 is 10.7 Å². The van der Waals surface area contributed by atoms with E-state index in [9.17, 15) is 13.2 Å². The van der Waals surface area contributed by atoms with Gasteiger partial charge in [0, 0.05) is 22.3 Å². The molecule has 0 fully saturated rings. The fourth-order valence-electron chi connectivity index (χ4n) is 1.80. The van der Waals surface area contributed by atoms with Crippen LogP contribution in [0.5, 0.6) is 0 Å². The molecule has 1 heterocycles. The predicted octanol–water partition coefficient (Wildman–Crippen LogP) is 3.35. The summed E-state index contributed by atoms with van der Waals surface area (Å²) >= 11 is 0. The Kier molecular flexibility index (Phi) is 3.56. The van der Waals surface area contributed by atoms with Gasteiger partial charge in [0.05, 0.1) is 5.52 Å². The Labute approximate surface area is 121 Å². The van der Waals surface area contributed by atoms with E-state index in [0.29, 0.717) is 10.9 Å².